The second-order valence-corrected chi connectivity index (χ2v) is 11.8. The average Bonchev–Trinajstić information content (AvgIpc) is 3.03. The number of carbonyl (C=O) groups is 1. The predicted molar refractivity (Wildman–Crippen MR) is 118 cm³/mol. The van der Waals surface area contributed by atoms with Crippen LogP contribution in [0.25, 0.3) is 0 Å². The summed E-state index contributed by atoms with van der Waals surface area (Å²) in [7, 11) is 0. The highest BCUT2D eigenvalue weighted by Crippen LogP contribution is 2.66. The van der Waals surface area contributed by atoms with E-state index in [2.05, 4.69) is 46.0 Å². The summed E-state index contributed by atoms with van der Waals surface area (Å²) in [4.78, 5) is 12.9. The van der Waals surface area contributed by atoms with E-state index in [0.29, 0.717) is 35.0 Å². The van der Waals surface area contributed by atoms with Gasteiger partial charge in [0.2, 0.25) is 5.91 Å². The van der Waals surface area contributed by atoms with Gasteiger partial charge < -0.3 is 10.4 Å². The van der Waals surface area contributed by atoms with Crippen LogP contribution in [0.4, 0.5) is 0 Å². The first kappa shape index (κ1) is 21.4. The number of fused-ring (bicyclic) bond motifs is 5. The summed E-state index contributed by atoms with van der Waals surface area (Å²) in [6.45, 7) is 12.3. The molecule has 0 saturated heterocycles. The van der Waals surface area contributed by atoms with Crippen molar-refractivity contribution in [2.75, 3.05) is 6.54 Å². The summed E-state index contributed by atoms with van der Waals surface area (Å²) in [6.07, 6.45) is 11.8. The van der Waals surface area contributed by atoms with Crippen LogP contribution in [-0.4, -0.2) is 23.7 Å². The van der Waals surface area contributed by atoms with Gasteiger partial charge >= 0.3 is 0 Å². The van der Waals surface area contributed by atoms with Crippen LogP contribution in [0.1, 0.15) is 86.0 Å². The quantitative estimate of drug-likeness (QED) is 0.625. The monoisotopic (exact) mass is 401 g/mol. The van der Waals surface area contributed by atoms with Crippen molar-refractivity contribution in [3.63, 3.8) is 0 Å². The third kappa shape index (κ3) is 3.50. The predicted octanol–water partition coefficient (Wildman–Crippen LogP) is 5.33. The molecule has 3 nitrogen and oxygen atoms in total. The van der Waals surface area contributed by atoms with Crippen LogP contribution in [0.5, 0.6) is 0 Å². The number of aliphatic hydroxyl groups excluding tert-OH is 1. The van der Waals surface area contributed by atoms with E-state index in [0.717, 1.165) is 25.8 Å². The van der Waals surface area contributed by atoms with E-state index in [9.17, 15) is 9.90 Å². The maximum Gasteiger partial charge on any atom is 0.223 e. The number of allylic oxidation sites excluding steroid dienone is 2. The molecule has 4 aliphatic carbocycles. The Bertz CT molecular complexity index is 670. The van der Waals surface area contributed by atoms with Gasteiger partial charge in [-0.15, -0.1) is 0 Å². The maximum absolute atomic E-state index is 12.9. The molecule has 0 radical (unpaired) electrons. The third-order valence-electron chi connectivity index (χ3n) is 9.83. The zero-order valence-corrected chi connectivity index (χ0v) is 19.3. The lowest BCUT2D eigenvalue weighted by Gasteiger charge is -2.57. The molecular formula is C26H43NO2. The molecule has 0 aromatic rings. The molecular weight excluding hydrogens is 358 g/mol. The van der Waals surface area contributed by atoms with Gasteiger partial charge in [-0.05, 0) is 91.8 Å². The van der Waals surface area contributed by atoms with Crippen LogP contribution >= 0.6 is 0 Å². The van der Waals surface area contributed by atoms with E-state index in [4.69, 9.17) is 0 Å². The Morgan fingerprint density at radius 3 is 2.52 bits per heavy atom. The molecule has 29 heavy (non-hydrogen) atoms. The molecule has 1 amide bonds. The first-order valence-corrected chi connectivity index (χ1v) is 12.3. The first-order chi connectivity index (χ1) is 13.7. The standard InChI is InChI=1S/C26H43NO2/c1-16(2)15-27-24(29)17(3)21-8-9-22-20-7-6-18-14-19(28)10-12-25(18,4)23(20)11-13-26(21,22)5/h7,16-19,21-23,28H,6,8-15H2,1-5H3,(H,27,29)/t17?,18?,19?,21?,22?,23?,25-,26+/m0/s1. The van der Waals surface area contributed by atoms with E-state index in [1.54, 1.807) is 5.57 Å². The molecule has 3 saturated carbocycles. The Morgan fingerprint density at radius 2 is 1.79 bits per heavy atom. The van der Waals surface area contributed by atoms with Crippen LogP contribution in [0.15, 0.2) is 11.6 Å². The van der Waals surface area contributed by atoms with E-state index >= 15 is 0 Å². The van der Waals surface area contributed by atoms with E-state index in [-0.39, 0.29) is 23.3 Å². The molecule has 0 heterocycles. The number of hydrogen-bond donors (Lipinski definition) is 2. The van der Waals surface area contributed by atoms with Gasteiger partial charge in [0.25, 0.3) is 0 Å². The van der Waals surface area contributed by atoms with E-state index < -0.39 is 0 Å². The minimum Gasteiger partial charge on any atom is -0.393 e. The second-order valence-electron chi connectivity index (χ2n) is 11.8. The highest BCUT2D eigenvalue weighted by Gasteiger charge is 2.58. The molecule has 3 heteroatoms. The number of rotatable bonds is 4. The molecule has 0 aromatic carbocycles. The second kappa shape index (κ2) is 7.70. The Hall–Kier alpha value is -0.830. The molecule has 0 bridgehead atoms. The fraction of sp³-hybridized carbons (Fsp3) is 0.885. The van der Waals surface area contributed by atoms with Crippen molar-refractivity contribution in [1.29, 1.82) is 0 Å². The number of carbonyl (C=O) groups excluding carboxylic acids is 1. The highest BCUT2D eigenvalue weighted by atomic mass is 16.3. The fourth-order valence-corrected chi connectivity index (χ4v) is 8.00. The smallest absolute Gasteiger partial charge is 0.223 e. The Labute approximate surface area is 178 Å². The highest BCUT2D eigenvalue weighted by molar-refractivity contribution is 5.78. The minimum atomic E-state index is -0.0852. The molecule has 164 valence electrons. The van der Waals surface area contributed by atoms with Crippen molar-refractivity contribution in [2.24, 2.45) is 46.3 Å². The summed E-state index contributed by atoms with van der Waals surface area (Å²) in [5.74, 6) is 3.40. The van der Waals surface area contributed by atoms with Crippen LogP contribution in [-0.2, 0) is 4.79 Å². The van der Waals surface area contributed by atoms with Crippen molar-refractivity contribution >= 4 is 5.91 Å². The minimum absolute atomic E-state index is 0.0852. The summed E-state index contributed by atoms with van der Waals surface area (Å²) < 4.78 is 0. The number of nitrogens with one attached hydrogen (secondary N) is 1. The number of amides is 1. The van der Waals surface area contributed by atoms with Crippen molar-refractivity contribution < 1.29 is 9.90 Å². The molecule has 0 aliphatic heterocycles. The lowest BCUT2D eigenvalue weighted by Crippen LogP contribution is -2.50. The van der Waals surface area contributed by atoms with Gasteiger partial charge in [-0.2, -0.15) is 0 Å². The van der Waals surface area contributed by atoms with Gasteiger partial charge in [0, 0.05) is 12.5 Å². The molecule has 0 aromatic heterocycles. The van der Waals surface area contributed by atoms with Gasteiger partial charge in [-0.1, -0.05) is 46.3 Å². The molecule has 3 fully saturated rings. The summed E-state index contributed by atoms with van der Waals surface area (Å²) >= 11 is 0. The van der Waals surface area contributed by atoms with Crippen LogP contribution in [0, 0.1) is 46.3 Å². The zero-order valence-electron chi connectivity index (χ0n) is 19.3. The van der Waals surface area contributed by atoms with E-state index in [1.165, 1.54) is 32.1 Å². The molecule has 8 atom stereocenters. The summed E-state index contributed by atoms with van der Waals surface area (Å²) in [5.41, 5.74) is 2.39. The van der Waals surface area contributed by atoms with Crippen molar-refractivity contribution in [3.05, 3.63) is 11.6 Å². The van der Waals surface area contributed by atoms with E-state index in [1.807, 2.05) is 0 Å². The summed E-state index contributed by atoms with van der Waals surface area (Å²) in [5, 5.41) is 13.4. The zero-order chi connectivity index (χ0) is 21.0. The lowest BCUT2D eigenvalue weighted by atomic mass is 9.47. The third-order valence-corrected chi connectivity index (χ3v) is 9.83. The van der Waals surface area contributed by atoms with Gasteiger partial charge in [0.05, 0.1) is 6.10 Å². The van der Waals surface area contributed by atoms with Gasteiger partial charge in [-0.3, -0.25) is 4.79 Å². The van der Waals surface area contributed by atoms with Gasteiger partial charge in [-0.25, -0.2) is 0 Å². The topological polar surface area (TPSA) is 49.3 Å². The fourth-order valence-electron chi connectivity index (χ4n) is 8.00. The molecule has 2 N–H and O–H groups in total. The Morgan fingerprint density at radius 1 is 1.10 bits per heavy atom. The molecule has 4 aliphatic rings. The molecule has 6 unspecified atom stereocenters. The van der Waals surface area contributed by atoms with Gasteiger partial charge in [0.15, 0.2) is 0 Å². The Balaban J connectivity index is 1.53. The lowest BCUT2D eigenvalue weighted by molar-refractivity contribution is -0.128. The van der Waals surface area contributed by atoms with Crippen molar-refractivity contribution in [2.45, 2.75) is 92.1 Å². The first-order valence-electron chi connectivity index (χ1n) is 12.3. The SMILES string of the molecule is CC(C)CNC(=O)C(C)C1CCC2C3=CCC4CC(O)CC[C@]4(C)C3CC[C@@]21C. The molecule has 4 rings (SSSR count). The molecule has 0 spiro atoms. The largest absolute Gasteiger partial charge is 0.393 e. The van der Waals surface area contributed by atoms with Crippen LogP contribution in [0.2, 0.25) is 0 Å². The normalized spacial score (nSPS) is 45.1. The number of hydrogen-bond acceptors (Lipinski definition) is 2. The van der Waals surface area contributed by atoms with Crippen molar-refractivity contribution in [3.8, 4) is 0 Å². The van der Waals surface area contributed by atoms with Crippen LogP contribution < -0.4 is 5.32 Å². The van der Waals surface area contributed by atoms with Crippen LogP contribution in [0.3, 0.4) is 0 Å². The summed E-state index contributed by atoms with van der Waals surface area (Å²) in [6, 6.07) is 0. The Kier molecular flexibility index (Phi) is 5.68. The number of aliphatic hydroxyl groups is 1. The average molecular weight is 402 g/mol. The van der Waals surface area contributed by atoms with Gasteiger partial charge in [0.1, 0.15) is 0 Å². The van der Waals surface area contributed by atoms with Crippen molar-refractivity contribution in [1.82, 2.24) is 5.32 Å². The maximum atomic E-state index is 12.9.